The summed E-state index contributed by atoms with van der Waals surface area (Å²) in [7, 11) is 0. The number of anilines is 1. The highest BCUT2D eigenvalue weighted by molar-refractivity contribution is 9.10. The first-order valence-corrected chi connectivity index (χ1v) is 14.3. The molecule has 1 aromatic rings. The van der Waals surface area contributed by atoms with E-state index in [2.05, 4.69) is 27.8 Å². The van der Waals surface area contributed by atoms with Crippen molar-refractivity contribution in [2.75, 3.05) is 25.5 Å². The number of nitrogen functional groups attached to an aromatic ring is 1. The maximum atomic E-state index is 12.7. The molecule has 0 radical (unpaired) electrons. The number of rotatable bonds is 16. The van der Waals surface area contributed by atoms with Crippen molar-refractivity contribution >= 4 is 33.6 Å². The van der Waals surface area contributed by atoms with Crippen LogP contribution in [0.15, 0.2) is 16.6 Å². The zero-order chi connectivity index (χ0) is 25.5. The van der Waals surface area contributed by atoms with Crippen molar-refractivity contribution in [1.82, 2.24) is 4.90 Å². The molecule has 0 aliphatic heterocycles. The molecular weight excluding hydrogens is 508 g/mol. The highest BCUT2D eigenvalue weighted by atomic mass is 79.9. The molecule has 0 atom stereocenters. The number of carbonyl (C=O) groups excluding carboxylic acids is 2. The van der Waals surface area contributed by atoms with Gasteiger partial charge in [0.15, 0.2) is 0 Å². The zero-order valence-electron chi connectivity index (χ0n) is 21.8. The minimum atomic E-state index is -0.277. The molecule has 0 amide bonds. The second-order valence-electron chi connectivity index (χ2n) is 9.69. The fraction of sp³-hybridized carbons (Fsp3) is 0.714. The minimum Gasteiger partial charge on any atom is -0.466 e. The van der Waals surface area contributed by atoms with Crippen molar-refractivity contribution in [3.05, 3.63) is 27.7 Å². The molecular formula is C28H45BrN2O4. The van der Waals surface area contributed by atoms with Crippen LogP contribution in [-0.2, 0) is 20.8 Å². The molecule has 1 aliphatic rings. The molecule has 1 fully saturated rings. The Bertz CT molecular complexity index is 780. The smallest absolute Gasteiger partial charge is 0.338 e. The average Bonchev–Trinajstić information content (AvgIpc) is 2.85. The lowest BCUT2D eigenvalue weighted by molar-refractivity contribution is -0.141. The molecule has 0 spiro atoms. The van der Waals surface area contributed by atoms with E-state index in [1.54, 1.807) is 6.07 Å². The van der Waals surface area contributed by atoms with Gasteiger partial charge in [-0.25, -0.2) is 4.79 Å². The summed E-state index contributed by atoms with van der Waals surface area (Å²) in [4.78, 5) is 25.9. The third kappa shape index (κ3) is 11.3. The summed E-state index contributed by atoms with van der Waals surface area (Å²) in [6.45, 7) is 6.36. The molecule has 35 heavy (non-hydrogen) atoms. The van der Waals surface area contributed by atoms with E-state index in [9.17, 15) is 9.59 Å². The Morgan fingerprint density at radius 2 is 1.51 bits per heavy atom. The zero-order valence-corrected chi connectivity index (χ0v) is 23.4. The highest BCUT2D eigenvalue weighted by Crippen LogP contribution is 2.30. The second-order valence-corrected chi connectivity index (χ2v) is 10.5. The summed E-state index contributed by atoms with van der Waals surface area (Å²) in [5.74, 6) is -0.478. The van der Waals surface area contributed by atoms with Gasteiger partial charge in [-0.15, -0.1) is 0 Å². The van der Waals surface area contributed by atoms with Crippen LogP contribution in [0, 0.1) is 0 Å². The fourth-order valence-electron chi connectivity index (χ4n) is 4.82. The normalized spacial score (nSPS) is 14.3. The highest BCUT2D eigenvalue weighted by Gasteiger charge is 2.22. The number of benzene rings is 1. The van der Waals surface area contributed by atoms with Gasteiger partial charge < -0.3 is 15.2 Å². The fourth-order valence-corrected chi connectivity index (χ4v) is 5.32. The van der Waals surface area contributed by atoms with Gasteiger partial charge in [-0.05, 0) is 65.9 Å². The molecule has 0 heterocycles. The molecule has 0 unspecified atom stereocenters. The van der Waals surface area contributed by atoms with Crippen molar-refractivity contribution in [2.45, 2.75) is 110 Å². The monoisotopic (exact) mass is 552 g/mol. The van der Waals surface area contributed by atoms with Crippen LogP contribution >= 0.6 is 15.9 Å². The predicted octanol–water partition coefficient (Wildman–Crippen LogP) is 7.03. The third-order valence-electron chi connectivity index (χ3n) is 6.90. The first-order valence-electron chi connectivity index (χ1n) is 13.5. The van der Waals surface area contributed by atoms with Crippen LogP contribution in [0.25, 0.3) is 0 Å². The number of hydrogen-bond donors (Lipinski definition) is 1. The summed E-state index contributed by atoms with van der Waals surface area (Å²) in [5, 5.41) is 0. The van der Waals surface area contributed by atoms with E-state index < -0.39 is 0 Å². The van der Waals surface area contributed by atoms with E-state index in [0.717, 1.165) is 55.2 Å². The average molecular weight is 554 g/mol. The summed E-state index contributed by atoms with van der Waals surface area (Å²) >= 11 is 3.54. The molecule has 2 N–H and O–H groups in total. The van der Waals surface area contributed by atoms with Gasteiger partial charge in [0.05, 0.1) is 24.5 Å². The molecule has 0 aromatic heterocycles. The van der Waals surface area contributed by atoms with E-state index >= 15 is 0 Å². The summed E-state index contributed by atoms with van der Waals surface area (Å²) in [5.41, 5.74) is 8.63. The molecule has 7 heteroatoms. The van der Waals surface area contributed by atoms with Gasteiger partial charge >= 0.3 is 11.9 Å². The Morgan fingerprint density at radius 3 is 2.09 bits per heavy atom. The first kappa shape index (κ1) is 29.6. The van der Waals surface area contributed by atoms with E-state index in [0.29, 0.717) is 30.5 Å². The number of hydrogen-bond acceptors (Lipinski definition) is 6. The summed E-state index contributed by atoms with van der Waals surface area (Å²) in [6, 6.07) is 4.29. The van der Waals surface area contributed by atoms with Crippen molar-refractivity contribution in [3.63, 3.8) is 0 Å². The van der Waals surface area contributed by atoms with Crippen molar-refractivity contribution in [1.29, 1.82) is 0 Å². The third-order valence-corrected chi connectivity index (χ3v) is 7.55. The van der Waals surface area contributed by atoms with Gasteiger partial charge in [-0.1, -0.05) is 64.7 Å². The number of esters is 2. The quantitative estimate of drug-likeness (QED) is 0.135. The number of nitrogens with two attached hydrogens (primary N) is 1. The van der Waals surface area contributed by atoms with Gasteiger partial charge in [0.25, 0.3) is 0 Å². The lowest BCUT2D eigenvalue weighted by atomic mass is 9.93. The van der Waals surface area contributed by atoms with Crippen molar-refractivity contribution < 1.29 is 19.1 Å². The van der Waals surface area contributed by atoms with Crippen molar-refractivity contribution in [3.8, 4) is 0 Å². The SMILES string of the molecule is CCN(Cc1cc(C(=O)OCCCCCCCCCCOC(C)=O)cc(Br)c1N)C1CCCCC1. The van der Waals surface area contributed by atoms with Crippen LogP contribution in [0.4, 0.5) is 5.69 Å². The van der Waals surface area contributed by atoms with Crippen LogP contribution in [0.5, 0.6) is 0 Å². The van der Waals surface area contributed by atoms with E-state index in [4.69, 9.17) is 15.2 Å². The number of nitrogens with zero attached hydrogens (tertiary/aromatic N) is 1. The molecule has 0 bridgehead atoms. The molecule has 198 valence electrons. The second kappa shape index (κ2) is 17.0. The number of halogens is 1. The van der Waals surface area contributed by atoms with Gasteiger partial charge in [-0.3, -0.25) is 9.69 Å². The maximum absolute atomic E-state index is 12.7. The van der Waals surface area contributed by atoms with E-state index in [1.807, 2.05) is 6.07 Å². The topological polar surface area (TPSA) is 81.9 Å². The van der Waals surface area contributed by atoms with Gasteiger partial charge in [0.1, 0.15) is 0 Å². The predicted molar refractivity (Wildman–Crippen MR) is 145 cm³/mol. The molecule has 1 saturated carbocycles. The maximum Gasteiger partial charge on any atom is 0.338 e. The lowest BCUT2D eigenvalue weighted by Crippen LogP contribution is -2.36. The molecule has 1 aliphatic carbocycles. The minimum absolute atomic E-state index is 0.201. The molecule has 0 saturated heterocycles. The lowest BCUT2D eigenvalue weighted by Gasteiger charge is -2.34. The Labute approximate surface area is 220 Å². The molecule has 6 nitrogen and oxygen atoms in total. The summed E-state index contributed by atoms with van der Waals surface area (Å²) in [6.07, 6.45) is 15.1. The van der Waals surface area contributed by atoms with Gasteiger partial charge in [0, 0.05) is 24.0 Å². The van der Waals surface area contributed by atoms with Crippen LogP contribution in [0.1, 0.15) is 113 Å². The largest absolute Gasteiger partial charge is 0.466 e. The van der Waals surface area contributed by atoms with E-state index in [1.165, 1.54) is 58.3 Å². The Balaban J connectivity index is 1.69. The van der Waals surface area contributed by atoms with Gasteiger partial charge in [0.2, 0.25) is 0 Å². The molecule has 2 rings (SSSR count). The number of ether oxygens (including phenoxy) is 2. The first-order chi connectivity index (χ1) is 16.9. The van der Waals surface area contributed by atoms with Crippen LogP contribution < -0.4 is 5.73 Å². The van der Waals surface area contributed by atoms with Crippen LogP contribution in [0.2, 0.25) is 0 Å². The Hall–Kier alpha value is -1.60. The number of unbranched alkanes of at least 4 members (excludes halogenated alkanes) is 7. The summed E-state index contributed by atoms with van der Waals surface area (Å²) < 4.78 is 11.3. The standard InChI is InChI=1S/C28H45BrN2O4/c1-3-31(25-15-11-10-12-16-25)21-24-19-23(20-26(29)27(24)30)28(33)35-18-14-9-7-5-4-6-8-13-17-34-22(2)32/h19-20,25H,3-18,21,30H2,1-2H3. The van der Waals surface area contributed by atoms with Crippen LogP contribution in [0.3, 0.4) is 0 Å². The van der Waals surface area contributed by atoms with E-state index in [-0.39, 0.29) is 11.9 Å². The Morgan fingerprint density at radius 1 is 0.943 bits per heavy atom. The Kier molecular flexibility index (Phi) is 14.4. The molecule has 1 aromatic carbocycles. The van der Waals surface area contributed by atoms with Crippen molar-refractivity contribution in [2.24, 2.45) is 0 Å². The number of carbonyl (C=O) groups is 2. The van der Waals surface area contributed by atoms with Crippen LogP contribution in [-0.4, -0.2) is 42.6 Å². The van der Waals surface area contributed by atoms with Gasteiger partial charge in [-0.2, -0.15) is 0 Å².